The third-order valence-electron chi connectivity index (χ3n) is 6.07. The molecule has 4 rings (SSSR count). The van der Waals surface area contributed by atoms with E-state index in [4.69, 9.17) is 4.74 Å². The zero-order valence-corrected chi connectivity index (χ0v) is 19.2. The Morgan fingerprint density at radius 1 is 1.29 bits per heavy atom. The topological polar surface area (TPSA) is 110 Å². The van der Waals surface area contributed by atoms with E-state index < -0.39 is 33.6 Å². The van der Waals surface area contributed by atoms with Gasteiger partial charge in [0.05, 0.1) is 29.1 Å². The monoisotopic (exact) mass is 493 g/mol. The average Bonchev–Trinajstić information content (AvgIpc) is 3.10. The maximum absolute atomic E-state index is 13.1. The minimum atomic E-state index is -4.72. The predicted molar refractivity (Wildman–Crippen MR) is 117 cm³/mol. The smallest absolute Gasteiger partial charge is 0.379 e. The molecule has 3 aromatic rings. The number of hydrogen-bond acceptors (Lipinski definition) is 6. The SMILES string of the molecule is CCC(NS(=O)(=O)c1ccc(-c2c(C#N)c3cccnc3n2C2CCC2OC)nc1)C(F)(F)F. The van der Waals surface area contributed by atoms with E-state index in [0.717, 1.165) is 19.0 Å². The first kappa shape index (κ1) is 24.1. The molecule has 3 atom stereocenters. The first-order valence-electron chi connectivity index (χ1n) is 10.6. The molecule has 0 saturated heterocycles. The summed E-state index contributed by atoms with van der Waals surface area (Å²) in [6, 6.07) is 5.94. The first-order chi connectivity index (χ1) is 16.1. The second kappa shape index (κ2) is 8.98. The molecular formula is C22H22F3N5O3S. The molecule has 180 valence electrons. The van der Waals surface area contributed by atoms with Crippen LogP contribution in [0.15, 0.2) is 41.6 Å². The van der Waals surface area contributed by atoms with Crippen LogP contribution < -0.4 is 4.72 Å². The van der Waals surface area contributed by atoms with Gasteiger partial charge in [0, 0.05) is 24.9 Å². The van der Waals surface area contributed by atoms with Gasteiger partial charge >= 0.3 is 6.18 Å². The van der Waals surface area contributed by atoms with Gasteiger partial charge in [0.2, 0.25) is 10.0 Å². The van der Waals surface area contributed by atoms with Gasteiger partial charge in [0.15, 0.2) is 0 Å². The molecule has 8 nitrogen and oxygen atoms in total. The fourth-order valence-electron chi connectivity index (χ4n) is 4.16. The summed E-state index contributed by atoms with van der Waals surface area (Å²) in [6.45, 7) is 1.24. The van der Waals surface area contributed by atoms with Crippen molar-refractivity contribution in [2.45, 2.75) is 55.4 Å². The van der Waals surface area contributed by atoms with Gasteiger partial charge in [-0.1, -0.05) is 6.92 Å². The van der Waals surface area contributed by atoms with Crippen molar-refractivity contribution in [3.8, 4) is 17.5 Å². The van der Waals surface area contributed by atoms with Gasteiger partial charge in [-0.15, -0.1) is 0 Å². The van der Waals surface area contributed by atoms with Crippen LogP contribution in [0.25, 0.3) is 22.4 Å². The van der Waals surface area contributed by atoms with Gasteiger partial charge in [-0.3, -0.25) is 4.98 Å². The Labute approximate surface area is 194 Å². The summed E-state index contributed by atoms with van der Waals surface area (Å²) in [5.41, 5.74) is 1.67. The summed E-state index contributed by atoms with van der Waals surface area (Å²) in [5.74, 6) is 0. The van der Waals surface area contributed by atoms with Crippen LogP contribution in [0.2, 0.25) is 0 Å². The van der Waals surface area contributed by atoms with Crippen LogP contribution in [0, 0.1) is 11.3 Å². The molecule has 1 aliphatic rings. The number of methoxy groups -OCH3 is 1. The maximum Gasteiger partial charge on any atom is 0.404 e. The second-order valence-corrected chi connectivity index (χ2v) is 9.72. The van der Waals surface area contributed by atoms with Crippen LogP contribution in [0.3, 0.4) is 0 Å². The number of aromatic nitrogens is 3. The Bertz CT molecular complexity index is 1350. The average molecular weight is 494 g/mol. The number of fused-ring (bicyclic) bond motifs is 1. The quantitative estimate of drug-likeness (QED) is 0.534. The molecule has 34 heavy (non-hydrogen) atoms. The zero-order chi connectivity index (χ0) is 24.7. The Hall–Kier alpha value is -3.01. The van der Waals surface area contributed by atoms with Crippen LogP contribution in [0.4, 0.5) is 13.2 Å². The molecule has 1 saturated carbocycles. The van der Waals surface area contributed by atoms with Crippen LogP contribution in [0.1, 0.15) is 37.8 Å². The highest BCUT2D eigenvalue weighted by Crippen LogP contribution is 2.42. The van der Waals surface area contributed by atoms with Crippen molar-refractivity contribution in [3.63, 3.8) is 0 Å². The highest BCUT2D eigenvalue weighted by atomic mass is 32.2. The van der Waals surface area contributed by atoms with E-state index in [2.05, 4.69) is 16.0 Å². The number of nitrogens with one attached hydrogen (secondary N) is 1. The van der Waals surface area contributed by atoms with E-state index in [-0.39, 0.29) is 12.1 Å². The maximum atomic E-state index is 13.1. The fraction of sp³-hybridized carbons (Fsp3) is 0.409. The molecule has 12 heteroatoms. The highest BCUT2D eigenvalue weighted by molar-refractivity contribution is 7.89. The molecule has 0 aromatic carbocycles. The lowest BCUT2D eigenvalue weighted by Gasteiger charge is -2.37. The minimum absolute atomic E-state index is 0.0832. The van der Waals surface area contributed by atoms with Crippen LogP contribution in [-0.4, -0.2) is 48.4 Å². The predicted octanol–water partition coefficient (Wildman–Crippen LogP) is 3.94. The summed E-state index contributed by atoms with van der Waals surface area (Å²) in [6.07, 6.45) is -1.01. The minimum Gasteiger partial charge on any atom is -0.379 e. The standard InChI is InChI=1S/C22H22F3N5O3S/c1-3-19(22(23,24)25)29-34(31,32)13-6-7-16(28-12-13)20-15(11-26)14-5-4-10-27-21(14)30(20)17-8-9-18(17)33-2/h4-7,10,12,17-19,29H,3,8-9H2,1-2H3. The van der Waals surface area contributed by atoms with Gasteiger partial charge in [-0.05, 0) is 43.5 Å². The van der Waals surface area contributed by atoms with Gasteiger partial charge in [-0.25, -0.2) is 13.4 Å². The van der Waals surface area contributed by atoms with E-state index in [1.54, 1.807) is 30.2 Å². The molecule has 1 aliphatic carbocycles. The molecule has 3 unspecified atom stereocenters. The molecular weight excluding hydrogens is 471 g/mol. The number of ether oxygens (including phenoxy) is 1. The molecule has 0 amide bonds. The van der Waals surface area contributed by atoms with Crippen molar-refractivity contribution in [1.29, 1.82) is 5.26 Å². The zero-order valence-electron chi connectivity index (χ0n) is 18.4. The molecule has 3 heterocycles. The molecule has 0 radical (unpaired) electrons. The molecule has 0 aliphatic heterocycles. The Balaban J connectivity index is 1.79. The third kappa shape index (κ3) is 4.15. The van der Waals surface area contributed by atoms with E-state index in [1.165, 1.54) is 19.1 Å². The van der Waals surface area contributed by atoms with Crippen molar-refractivity contribution in [3.05, 3.63) is 42.2 Å². The number of rotatable bonds is 7. The van der Waals surface area contributed by atoms with Crippen LogP contribution in [-0.2, 0) is 14.8 Å². The van der Waals surface area contributed by atoms with Crippen LogP contribution >= 0.6 is 0 Å². The van der Waals surface area contributed by atoms with E-state index in [0.29, 0.717) is 28.0 Å². The molecule has 1 fully saturated rings. The summed E-state index contributed by atoms with van der Waals surface area (Å²) in [4.78, 5) is 8.27. The Morgan fingerprint density at radius 3 is 2.59 bits per heavy atom. The van der Waals surface area contributed by atoms with Crippen molar-refractivity contribution in [1.82, 2.24) is 19.3 Å². The third-order valence-corrected chi connectivity index (χ3v) is 7.53. The van der Waals surface area contributed by atoms with Crippen molar-refractivity contribution in [2.24, 2.45) is 0 Å². The van der Waals surface area contributed by atoms with Gasteiger partial charge in [0.1, 0.15) is 22.7 Å². The number of nitrogens with zero attached hydrogens (tertiary/aromatic N) is 4. The van der Waals surface area contributed by atoms with Crippen molar-refractivity contribution < 1.29 is 26.3 Å². The summed E-state index contributed by atoms with van der Waals surface area (Å²) in [5, 5.41) is 10.5. The summed E-state index contributed by atoms with van der Waals surface area (Å²) < 4.78 is 73.4. The molecule has 0 bridgehead atoms. The lowest BCUT2D eigenvalue weighted by molar-refractivity contribution is -0.151. The van der Waals surface area contributed by atoms with E-state index >= 15 is 0 Å². The first-order valence-corrected chi connectivity index (χ1v) is 12.1. The summed E-state index contributed by atoms with van der Waals surface area (Å²) in [7, 11) is -2.86. The van der Waals surface area contributed by atoms with Gasteiger partial charge in [0.25, 0.3) is 0 Å². The number of hydrogen-bond donors (Lipinski definition) is 1. The highest BCUT2D eigenvalue weighted by Gasteiger charge is 2.41. The van der Waals surface area contributed by atoms with E-state index in [9.17, 15) is 26.9 Å². The number of halogens is 3. The van der Waals surface area contributed by atoms with Gasteiger partial charge in [-0.2, -0.15) is 23.2 Å². The fourth-order valence-corrected chi connectivity index (χ4v) is 5.41. The van der Waals surface area contributed by atoms with Crippen LogP contribution in [0.5, 0.6) is 0 Å². The normalized spacial score (nSPS) is 19.5. The number of alkyl halides is 3. The lowest BCUT2D eigenvalue weighted by Crippen LogP contribution is -2.44. The van der Waals surface area contributed by atoms with Gasteiger partial charge < -0.3 is 9.30 Å². The number of nitriles is 1. The Kier molecular flexibility index (Phi) is 6.37. The molecule has 3 aromatic heterocycles. The number of sulfonamides is 1. The molecule has 1 N–H and O–H groups in total. The molecule has 0 spiro atoms. The lowest BCUT2D eigenvalue weighted by atomic mass is 9.88. The van der Waals surface area contributed by atoms with Crippen molar-refractivity contribution >= 4 is 21.1 Å². The van der Waals surface area contributed by atoms with E-state index in [1.807, 2.05) is 4.57 Å². The Morgan fingerprint density at radius 2 is 2.06 bits per heavy atom. The summed E-state index contributed by atoms with van der Waals surface area (Å²) >= 11 is 0. The second-order valence-electron chi connectivity index (χ2n) is 8.00. The van der Waals surface area contributed by atoms with Crippen molar-refractivity contribution in [2.75, 3.05) is 7.11 Å². The largest absolute Gasteiger partial charge is 0.404 e. The number of pyridine rings is 2.